The summed E-state index contributed by atoms with van der Waals surface area (Å²) in [5.41, 5.74) is 8.50. The van der Waals surface area contributed by atoms with Crippen LogP contribution in [0.25, 0.3) is 0 Å². The van der Waals surface area contributed by atoms with E-state index in [1.54, 1.807) is 0 Å². The quantitative estimate of drug-likeness (QED) is 0.626. The van der Waals surface area contributed by atoms with E-state index in [1.165, 1.54) is 37.1 Å². The Balaban J connectivity index is 1.85. The summed E-state index contributed by atoms with van der Waals surface area (Å²) in [6, 6.07) is 8.73. The molecule has 23 heavy (non-hydrogen) atoms. The highest BCUT2D eigenvalue weighted by molar-refractivity contribution is 5.77. The van der Waals surface area contributed by atoms with Gasteiger partial charge in [-0.1, -0.05) is 45.0 Å². The summed E-state index contributed by atoms with van der Waals surface area (Å²) in [5.74, 6) is 1.99. The van der Waals surface area contributed by atoms with Crippen molar-refractivity contribution in [2.24, 2.45) is 22.6 Å². The van der Waals surface area contributed by atoms with E-state index in [4.69, 9.17) is 5.73 Å². The molecule has 1 heterocycles. The van der Waals surface area contributed by atoms with E-state index in [0.29, 0.717) is 18.4 Å². The van der Waals surface area contributed by atoms with Crippen molar-refractivity contribution in [2.45, 2.75) is 46.7 Å². The molecule has 4 nitrogen and oxygen atoms in total. The number of rotatable bonds is 6. The summed E-state index contributed by atoms with van der Waals surface area (Å²) < 4.78 is 0. The summed E-state index contributed by atoms with van der Waals surface area (Å²) in [7, 11) is 0. The zero-order valence-corrected chi connectivity index (χ0v) is 14.9. The first-order chi connectivity index (χ1) is 11.0. The Morgan fingerprint density at radius 1 is 1.30 bits per heavy atom. The molecule has 0 saturated carbocycles. The molecule has 4 heteroatoms. The van der Waals surface area contributed by atoms with Crippen molar-refractivity contribution in [1.29, 1.82) is 0 Å². The molecule has 0 unspecified atom stereocenters. The Kier molecular flexibility index (Phi) is 6.90. The van der Waals surface area contributed by atoms with Gasteiger partial charge in [0.1, 0.15) is 0 Å². The smallest absolute Gasteiger partial charge is 0.188 e. The molecular formula is C19H32N4. The lowest BCUT2D eigenvalue weighted by Gasteiger charge is -2.30. The summed E-state index contributed by atoms with van der Waals surface area (Å²) in [6.45, 7) is 11.7. The Hall–Kier alpha value is -1.55. The number of hydrogen-bond acceptors (Lipinski definition) is 2. The van der Waals surface area contributed by atoms with Gasteiger partial charge in [-0.3, -0.25) is 4.90 Å². The van der Waals surface area contributed by atoms with Gasteiger partial charge in [0.15, 0.2) is 5.96 Å². The molecule has 0 aliphatic carbocycles. The van der Waals surface area contributed by atoms with Gasteiger partial charge in [-0.25, -0.2) is 4.99 Å². The number of aliphatic imine (C=N–C) groups is 1. The van der Waals surface area contributed by atoms with Crippen LogP contribution in [-0.2, 0) is 13.1 Å². The first-order valence-corrected chi connectivity index (χ1v) is 8.87. The summed E-state index contributed by atoms with van der Waals surface area (Å²) in [5, 5.41) is 3.16. The Morgan fingerprint density at radius 2 is 2.00 bits per heavy atom. The topological polar surface area (TPSA) is 53.6 Å². The van der Waals surface area contributed by atoms with Crippen LogP contribution in [0.3, 0.4) is 0 Å². The lowest BCUT2D eigenvalue weighted by Crippen LogP contribution is -2.34. The number of nitrogens with zero attached hydrogens (tertiary/aromatic N) is 2. The predicted octanol–water partition coefficient (Wildman–Crippen LogP) is 2.98. The van der Waals surface area contributed by atoms with Crippen LogP contribution in [0.5, 0.6) is 0 Å². The number of nitrogens with two attached hydrogens (primary N) is 1. The van der Waals surface area contributed by atoms with E-state index in [-0.39, 0.29) is 0 Å². The van der Waals surface area contributed by atoms with Crippen molar-refractivity contribution >= 4 is 5.96 Å². The number of piperidine rings is 1. The van der Waals surface area contributed by atoms with Crippen LogP contribution in [0.4, 0.5) is 0 Å². The van der Waals surface area contributed by atoms with Gasteiger partial charge in [0.05, 0.1) is 6.54 Å². The molecule has 0 bridgehead atoms. The zero-order valence-electron chi connectivity index (χ0n) is 14.9. The molecular weight excluding hydrogens is 284 g/mol. The second-order valence-corrected chi connectivity index (χ2v) is 7.25. The summed E-state index contributed by atoms with van der Waals surface area (Å²) in [6.07, 6.45) is 2.64. The number of hydrogen-bond donors (Lipinski definition) is 2. The third-order valence-corrected chi connectivity index (χ3v) is 4.40. The van der Waals surface area contributed by atoms with Crippen molar-refractivity contribution in [2.75, 3.05) is 19.6 Å². The van der Waals surface area contributed by atoms with E-state index in [0.717, 1.165) is 19.0 Å². The van der Waals surface area contributed by atoms with Crippen LogP contribution in [0.2, 0.25) is 0 Å². The maximum Gasteiger partial charge on any atom is 0.188 e. The van der Waals surface area contributed by atoms with Gasteiger partial charge < -0.3 is 11.1 Å². The highest BCUT2D eigenvalue weighted by Crippen LogP contribution is 2.18. The first kappa shape index (κ1) is 17.8. The van der Waals surface area contributed by atoms with Crippen LogP contribution in [-0.4, -0.2) is 30.5 Å². The van der Waals surface area contributed by atoms with Crippen LogP contribution < -0.4 is 11.1 Å². The fourth-order valence-corrected chi connectivity index (χ4v) is 2.85. The highest BCUT2D eigenvalue weighted by atomic mass is 15.1. The van der Waals surface area contributed by atoms with Gasteiger partial charge in [-0.15, -0.1) is 0 Å². The number of guanidine groups is 1. The van der Waals surface area contributed by atoms with E-state index in [9.17, 15) is 0 Å². The molecule has 3 N–H and O–H groups in total. The molecule has 2 rings (SSSR count). The van der Waals surface area contributed by atoms with Gasteiger partial charge in [-0.2, -0.15) is 0 Å². The lowest BCUT2D eigenvalue weighted by molar-refractivity contribution is 0.185. The van der Waals surface area contributed by atoms with Crippen molar-refractivity contribution in [3.63, 3.8) is 0 Å². The number of likely N-dealkylation sites (tertiary alicyclic amines) is 1. The van der Waals surface area contributed by atoms with Crippen LogP contribution >= 0.6 is 0 Å². The molecule has 1 aliphatic heterocycles. The maximum absolute atomic E-state index is 5.90. The summed E-state index contributed by atoms with van der Waals surface area (Å²) >= 11 is 0. The van der Waals surface area contributed by atoms with Crippen LogP contribution in [0.1, 0.15) is 44.7 Å². The number of nitrogens with one attached hydrogen (secondary N) is 1. The molecule has 1 aromatic rings. The van der Waals surface area contributed by atoms with Gasteiger partial charge in [0.25, 0.3) is 0 Å². The summed E-state index contributed by atoms with van der Waals surface area (Å²) in [4.78, 5) is 6.99. The Labute approximate surface area is 141 Å². The first-order valence-electron chi connectivity index (χ1n) is 8.87. The van der Waals surface area contributed by atoms with E-state index in [1.807, 2.05) is 0 Å². The number of benzene rings is 1. The van der Waals surface area contributed by atoms with Crippen molar-refractivity contribution < 1.29 is 0 Å². The largest absolute Gasteiger partial charge is 0.370 e. The molecule has 1 aromatic carbocycles. The van der Waals surface area contributed by atoms with Crippen molar-refractivity contribution in [3.8, 4) is 0 Å². The Bertz CT molecular complexity index is 502. The average Bonchev–Trinajstić information content (AvgIpc) is 2.53. The van der Waals surface area contributed by atoms with E-state index in [2.05, 4.69) is 60.2 Å². The van der Waals surface area contributed by atoms with Gasteiger partial charge in [-0.05, 0) is 48.9 Å². The second-order valence-electron chi connectivity index (χ2n) is 7.25. The maximum atomic E-state index is 5.90. The highest BCUT2D eigenvalue weighted by Gasteiger charge is 2.15. The standard InChI is InChI=1S/C19H32N4/c1-15(2)12-21-19(20)22-13-17-5-4-6-18(11-17)14-23-9-7-16(3)8-10-23/h4-6,11,15-16H,7-10,12-14H2,1-3H3,(H3,20,21,22). The molecule has 0 radical (unpaired) electrons. The second kappa shape index (κ2) is 8.92. The molecule has 1 fully saturated rings. The van der Waals surface area contributed by atoms with E-state index >= 15 is 0 Å². The minimum absolute atomic E-state index is 0.536. The van der Waals surface area contributed by atoms with Crippen molar-refractivity contribution in [3.05, 3.63) is 35.4 Å². The van der Waals surface area contributed by atoms with Crippen LogP contribution in [0, 0.1) is 11.8 Å². The van der Waals surface area contributed by atoms with Crippen molar-refractivity contribution in [1.82, 2.24) is 10.2 Å². The molecule has 0 aromatic heterocycles. The monoisotopic (exact) mass is 316 g/mol. The van der Waals surface area contributed by atoms with Crippen LogP contribution in [0.15, 0.2) is 29.3 Å². The lowest BCUT2D eigenvalue weighted by atomic mass is 9.98. The van der Waals surface area contributed by atoms with E-state index < -0.39 is 0 Å². The predicted molar refractivity (Wildman–Crippen MR) is 98.3 cm³/mol. The third-order valence-electron chi connectivity index (χ3n) is 4.40. The molecule has 128 valence electrons. The normalized spacial score (nSPS) is 17.7. The zero-order chi connectivity index (χ0) is 16.7. The van der Waals surface area contributed by atoms with Gasteiger partial charge >= 0.3 is 0 Å². The molecule has 0 atom stereocenters. The average molecular weight is 316 g/mol. The minimum Gasteiger partial charge on any atom is -0.370 e. The third kappa shape index (κ3) is 6.61. The fourth-order valence-electron chi connectivity index (χ4n) is 2.85. The molecule has 0 spiro atoms. The fraction of sp³-hybridized carbons (Fsp3) is 0.632. The molecule has 0 amide bonds. The van der Waals surface area contributed by atoms with Gasteiger partial charge in [0.2, 0.25) is 0 Å². The van der Waals surface area contributed by atoms with Gasteiger partial charge in [0, 0.05) is 13.1 Å². The Morgan fingerprint density at radius 3 is 2.70 bits per heavy atom. The SMILES string of the molecule is CC(C)CNC(N)=NCc1cccc(CN2CCC(C)CC2)c1. The molecule has 1 saturated heterocycles. The molecule has 1 aliphatic rings. The minimum atomic E-state index is 0.536.